The first kappa shape index (κ1) is 35.8. The molecule has 3 rings (SSSR count). The van der Waals surface area contributed by atoms with Gasteiger partial charge in [-0.05, 0) is 55.0 Å². The number of nitrogens with two attached hydrogens (primary N) is 1. The van der Waals surface area contributed by atoms with E-state index in [2.05, 4.69) is 5.32 Å². The van der Waals surface area contributed by atoms with Crippen molar-refractivity contribution in [1.29, 1.82) is 5.41 Å². The Balaban J connectivity index is 0.000000821. The molecule has 0 aliphatic carbocycles. The Morgan fingerprint density at radius 2 is 1.70 bits per heavy atom. The first-order chi connectivity index (χ1) is 19.8. The van der Waals surface area contributed by atoms with Crippen molar-refractivity contribution in [1.82, 2.24) is 0 Å². The molecule has 0 aliphatic heterocycles. The van der Waals surface area contributed by atoms with Crippen LogP contribution in [-0.4, -0.2) is 64.1 Å². The van der Waals surface area contributed by atoms with Gasteiger partial charge in [-0.1, -0.05) is 24.3 Å². The lowest BCUT2D eigenvalue weighted by Gasteiger charge is -2.15. The summed E-state index contributed by atoms with van der Waals surface area (Å²) >= 11 is 2.44. The van der Waals surface area contributed by atoms with Gasteiger partial charge >= 0.3 is 12.1 Å². The minimum atomic E-state index is -5.08. The van der Waals surface area contributed by atoms with Gasteiger partial charge in [-0.3, -0.25) is 10.2 Å². The summed E-state index contributed by atoms with van der Waals surface area (Å²) in [7, 11) is -7.06. The SMILES string of the molecule is CSc1sc(C(=N)N)cc1S(=O)(=O)c1cccc(-c2c(C)cccc2NC(=O)CCCS(C)(=O)=O)c1.O=C(O)C(F)(F)F. The number of carbonyl (C=O) groups excluding carboxylic acids is 1. The number of hydrogen-bond donors (Lipinski definition) is 4. The Kier molecular flexibility index (Phi) is 12.0. The predicted octanol–water partition coefficient (Wildman–Crippen LogP) is 4.96. The van der Waals surface area contributed by atoms with Crippen LogP contribution in [0.3, 0.4) is 0 Å². The number of alkyl halides is 3. The molecular weight excluding hydrogens is 652 g/mol. The number of thiophene rings is 1. The number of amidine groups is 1. The number of aliphatic carboxylic acids is 1. The van der Waals surface area contributed by atoms with Crippen molar-refractivity contribution in [2.45, 2.75) is 39.9 Å². The van der Waals surface area contributed by atoms with Crippen molar-refractivity contribution in [3.63, 3.8) is 0 Å². The monoisotopic (exact) mass is 679 g/mol. The molecule has 3 aromatic rings. The highest BCUT2D eigenvalue weighted by molar-refractivity contribution is 8.01. The molecule has 0 fully saturated rings. The number of nitrogen functional groups attached to an aromatic ring is 1. The molecule has 0 unspecified atom stereocenters. The number of benzene rings is 2. The topological polar surface area (TPSA) is 185 Å². The Bertz CT molecular complexity index is 1740. The molecule has 5 N–H and O–H groups in total. The fraction of sp³-hybridized carbons (Fsp3) is 0.269. The van der Waals surface area contributed by atoms with Crippen molar-refractivity contribution in [2.75, 3.05) is 23.6 Å². The molecule has 1 heterocycles. The highest BCUT2D eigenvalue weighted by atomic mass is 32.2. The van der Waals surface area contributed by atoms with E-state index in [4.69, 9.17) is 21.0 Å². The zero-order valence-electron chi connectivity index (χ0n) is 23.0. The molecule has 0 saturated heterocycles. The summed E-state index contributed by atoms with van der Waals surface area (Å²) in [4.78, 5) is 22.0. The fourth-order valence-electron chi connectivity index (χ4n) is 3.63. The van der Waals surface area contributed by atoms with E-state index >= 15 is 0 Å². The lowest BCUT2D eigenvalue weighted by Crippen LogP contribution is -2.21. The van der Waals surface area contributed by atoms with Gasteiger partial charge in [0.25, 0.3) is 0 Å². The summed E-state index contributed by atoms with van der Waals surface area (Å²) in [5, 5.41) is 17.6. The van der Waals surface area contributed by atoms with Gasteiger partial charge in [-0.25, -0.2) is 21.6 Å². The maximum atomic E-state index is 13.5. The molecule has 0 atom stereocenters. The Hall–Kier alpha value is -3.41. The molecule has 0 spiro atoms. The number of thioether (sulfide) groups is 1. The van der Waals surface area contributed by atoms with Crippen molar-refractivity contribution < 1.29 is 44.7 Å². The maximum Gasteiger partial charge on any atom is 0.490 e. The van der Waals surface area contributed by atoms with Crippen LogP contribution >= 0.6 is 23.1 Å². The highest BCUT2D eigenvalue weighted by Gasteiger charge is 2.38. The van der Waals surface area contributed by atoms with Crippen molar-refractivity contribution in [2.24, 2.45) is 5.73 Å². The number of carbonyl (C=O) groups is 2. The molecule has 17 heteroatoms. The number of aryl methyl sites for hydroxylation is 1. The lowest BCUT2D eigenvalue weighted by atomic mass is 9.98. The number of amides is 1. The van der Waals surface area contributed by atoms with E-state index in [1.54, 1.807) is 36.6 Å². The van der Waals surface area contributed by atoms with Crippen LogP contribution < -0.4 is 11.1 Å². The fourth-order valence-corrected chi connectivity index (χ4v) is 8.20. The third-order valence-electron chi connectivity index (χ3n) is 5.55. The number of rotatable bonds is 10. The number of hydrogen-bond acceptors (Lipinski definition) is 9. The first-order valence-corrected chi connectivity index (χ1v) is 17.6. The summed E-state index contributed by atoms with van der Waals surface area (Å²) in [5.41, 5.74) is 8.20. The molecular formula is C26H28F3N3O7S4. The molecule has 1 amide bonds. The molecule has 0 aliphatic rings. The third kappa shape index (κ3) is 10.1. The smallest absolute Gasteiger partial charge is 0.475 e. The predicted molar refractivity (Wildman–Crippen MR) is 160 cm³/mol. The van der Waals surface area contributed by atoms with Crippen LogP contribution in [-0.2, 0) is 29.3 Å². The number of anilines is 1. The van der Waals surface area contributed by atoms with Gasteiger partial charge in [0.05, 0.1) is 24.6 Å². The zero-order chi connectivity index (χ0) is 32.8. The van der Waals surface area contributed by atoms with E-state index in [1.807, 2.05) is 13.0 Å². The second-order valence-electron chi connectivity index (χ2n) is 8.99. The van der Waals surface area contributed by atoms with Crippen LogP contribution in [0, 0.1) is 12.3 Å². The Labute approximate surface area is 254 Å². The van der Waals surface area contributed by atoms with Crippen LogP contribution in [0.2, 0.25) is 0 Å². The van der Waals surface area contributed by atoms with Gasteiger partial charge in [-0.2, -0.15) is 13.2 Å². The molecule has 2 aromatic carbocycles. The minimum Gasteiger partial charge on any atom is -0.475 e. The number of sulfone groups is 2. The van der Waals surface area contributed by atoms with Crippen LogP contribution in [0.1, 0.15) is 23.3 Å². The minimum absolute atomic E-state index is 0.0446. The van der Waals surface area contributed by atoms with Gasteiger partial charge in [-0.15, -0.1) is 23.1 Å². The van der Waals surface area contributed by atoms with E-state index < -0.39 is 31.8 Å². The van der Waals surface area contributed by atoms with Crippen molar-refractivity contribution >= 4 is 66.2 Å². The summed E-state index contributed by atoms with van der Waals surface area (Å²) in [6.45, 7) is 1.86. The largest absolute Gasteiger partial charge is 0.490 e. The highest BCUT2D eigenvalue weighted by Crippen LogP contribution is 2.39. The van der Waals surface area contributed by atoms with E-state index in [0.29, 0.717) is 25.9 Å². The van der Waals surface area contributed by atoms with E-state index in [-0.39, 0.29) is 40.1 Å². The summed E-state index contributed by atoms with van der Waals surface area (Å²) in [6, 6.07) is 13.3. The number of halogens is 3. The van der Waals surface area contributed by atoms with Crippen LogP contribution in [0.15, 0.2) is 62.5 Å². The van der Waals surface area contributed by atoms with Crippen LogP contribution in [0.25, 0.3) is 11.1 Å². The average Bonchev–Trinajstić information content (AvgIpc) is 3.34. The standard InChI is InChI=1S/C24H27N3O5S4.C2HF3O2/c1-15-7-4-10-18(27-21(28)11-6-12-35(3,29)30)22(15)16-8-5-9-17(13-16)36(31,32)20-14-19(23(25)26)34-24(20)33-2;3-2(4,5)1(6)7/h4-5,7-10,13-14H,6,11-12H2,1-3H3,(H3,25,26)(H,27,28);(H,6,7). The van der Waals surface area contributed by atoms with E-state index in [1.165, 1.54) is 23.9 Å². The number of carboxylic acid groups (broad SMARTS) is 1. The lowest BCUT2D eigenvalue weighted by molar-refractivity contribution is -0.192. The van der Waals surface area contributed by atoms with Gasteiger partial charge in [0, 0.05) is 23.9 Å². The molecule has 234 valence electrons. The van der Waals surface area contributed by atoms with Gasteiger partial charge < -0.3 is 16.2 Å². The molecule has 0 saturated carbocycles. The zero-order valence-corrected chi connectivity index (χ0v) is 26.2. The second-order valence-corrected chi connectivity index (χ2v) is 15.3. The van der Waals surface area contributed by atoms with Crippen molar-refractivity contribution in [3.8, 4) is 11.1 Å². The molecule has 10 nitrogen and oxygen atoms in total. The second kappa shape index (κ2) is 14.4. The van der Waals surface area contributed by atoms with Crippen LogP contribution in [0.4, 0.5) is 18.9 Å². The van der Waals surface area contributed by atoms with Crippen molar-refractivity contribution in [3.05, 3.63) is 59.0 Å². The first-order valence-electron chi connectivity index (χ1n) is 12.0. The Morgan fingerprint density at radius 1 is 1.09 bits per heavy atom. The molecule has 43 heavy (non-hydrogen) atoms. The number of nitrogens with one attached hydrogen (secondary N) is 2. The quantitative estimate of drug-likeness (QED) is 0.131. The summed E-state index contributed by atoms with van der Waals surface area (Å²) in [5.74, 6) is -3.35. The number of carboxylic acids is 1. The van der Waals surface area contributed by atoms with E-state index in [9.17, 15) is 34.8 Å². The molecule has 0 radical (unpaired) electrons. The molecule has 1 aromatic heterocycles. The van der Waals surface area contributed by atoms with Gasteiger partial charge in [0.15, 0.2) is 0 Å². The summed E-state index contributed by atoms with van der Waals surface area (Å²) < 4.78 is 82.1. The van der Waals surface area contributed by atoms with Gasteiger partial charge in [0.1, 0.15) is 15.7 Å². The Morgan fingerprint density at radius 3 is 2.23 bits per heavy atom. The molecule has 0 bridgehead atoms. The third-order valence-corrected chi connectivity index (χ3v) is 10.9. The average molecular weight is 680 g/mol. The van der Waals surface area contributed by atoms with Crippen LogP contribution in [0.5, 0.6) is 0 Å². The van der Waals surface area contributed by atoms with Gasteiger partial charge in [0.2, 0.25) is 15.7 Å². The normalized spacial score (nSPS) is 11.8. The maximum absolute atomic E-state index is 13.5. The van der Waals surface area contributed by atoms with E-state index in [0.717, 1.165) is 23.2 Å². The summed E-state index contributed by atoms with van der Waals surface area (Å²) in [6.07, 6.45) is -1.93.